The van der Waals surface area contributed by atoms with Gasteiger partial charge in [-0.15, -0.1) is 0 Å². The zero-order chi connectivity index (χ0) is 26.7. The predicted octanol–water partition coefficient (Wildman–Crippen LogP) is 5.40. The molecule has 0 radical (unpaired) electrons. The van der Waals surface area contributed by atoms with E-state index in [4.69, 9.17) is 4.74 Å². The van der Waals surface area contributed by atoms with Crippen LogP contribution in [0.25, 0.3) is 5.82 Å². The van der Waals surface area contributed by atoms with E-state index in [-0.39, 0.29) is 29.4 Å². The smallest absolute Gasteiger partial charge is 0.394 e. The Morgan fingerprint density at radius 3 is 2.50 bits per heavy atom. The van der Waals surface area contributed by atoms with E-state index in [9.17, 15) is 23.2 Å². The summed E-state index contributed by atoms with van der Waals surface area (Å²) in [5.41, 5.74) is -1.60. The maximum Gasteiger partial charge on any atom is 0.394 e. The minimum absolute atomic E-state index is 0.00432. The Morgan fingerprint density at radius 1 is 1.28 bits per heavy atom. The van der Waals surface area contributed by atoms with Crippen LogP contribution in [0.3, 0.4) is 0 Å². The molecule has 1 aliphatic carbocycles. The van der Waals surface area contributed by atoms with Crippen molar-refractivity contribution < 1.29 is 22.7 Å². The molecule has 0 bridgehead atoms. The van der Waals surface area contributed by atoms with Crippen LogP contribution in [0.1, 0.15) is 80.9 Å². The van der Waals surface area contributed by atoms with Crippen LogP contribution in [0, 0.1) is 28.6 Å². The molecule has 0 unspecified atom stereocenters. The van der Waals surface area contributed by atoms with Crippen LogP contribution >= 0.6 is 0 Å². The first kappa shape index (κ1) is 27.5. The number of carbonyl (C=O) groups is 1. The molecule has 7 nitrogen and oxygen atoms in total. The van der Waals surface area contributed by atoms with Gasteiger partial charge in [-0.1, -0.05) is 40.5 Å². The summed E-state index contributed by atoms with van der Waals surface area (Å²) in [5.74, 6) is 1.50. The number of aromatic nitrogens is 3. The van der Waals surface area contributed by atoms with E-state index in [0.29, 0.717) is 36.2 Å². The maximum atomic E-state index is 13.4. The first-order chi connectivity index (χ1) is 16.9. The number of aryl methyl sites for hydroxylation is 1. The molecule has 2 aromatic rings. The lowest BCUT2D eigenvalue weighted by atomic mass is 9.83. The highest BCUT2D eigenvalue weighted by atomic mass is 19.4. The lowest BCUT2D eigenvalue weighted by molar-refractivity contribution is -0.211. The Bertz CT molecular complexity index is 1130. The van der Waals surface area contributed by atoms with Gasteiger partial charge in [0.2, 0.25) is 0 Å². The second-order valence-corrected chi connectivity index (χ2v) is 10.3. The number of hydrogen-bond donors (Lipinski definition) is 1. The topological polar surface area (TPSA) is 92.8 Å². The largest absolute Gasteiger partial charge is 0.493 e. The Balaban J connectivity index is 1.91. The summed E-state index contributed by atoms with van der Waals surface area (Å²) in [6, 6.07) is 3.55. The molecule has 2 heterocycles. The number of rotatable bonds is 8. The van der Waals surface area contributed by atoms with Crippen LogP contribution in [0.2, 0.25) is 0 Å². The lowest BCUT2D eigenvalue weighted by Gasteiger charge is -2.27. The standard InChI is InChI=1S/C26H34F3N5O2/c1-6-21-33-22(24(35)32-14-17-9-7-16(2)8-10-17)19(13-30)34(21)23-20(36-5)11-18(15-31-23)12-25(3,4)26(27,28)29/h11,15-17H,6-10,12,14H2,1-5H3,(H,32,35). The summed E-state index contributed by atoms with van der Waals surface area (Å²) >= 11 is 0. The van der Waals surface area contributed by atoms with E-state index in [0.717, 1.165) is 39.5 Å². The molecule has 1 saturated carbocycles. The Hall–Kier alpha value is -3.09. The molecule has 1 fully saturated rings. The summed E-state index contributed by atoms with van der Waals surface area (Å²) in [5, 5.41) is 12.9. The number of amides is 1. The fourth-order valence-corrected chi connectivity index (χ4v) is 4.55. The van der Waals surface area contributed by atoms with Crippen molar-refractivity contribution in [3.8, 4) is 17.6 Å². The van der Waals surface area contributed by atoms with Crippen LogP contribution < -0.4 is 10.1 Å². The summed E-state index contributed by atoms with van der Waals surface area (Å²) < 4.78 is 47.0. The third-order valence-electron chi connectivity index (χ3n) is 7.01. The molecule has 1 aliphatic rings. The van der Waals surface area contributed by atoms with Gasteiger partial charge in [0, 0.05) is 19.2 Å². The zero-order valence-electron chi connectivity index (χ0n) is 21.5. The quantitative estimate of drug-likeness (QED) is 0.519. The van der Waals surface area contributed by atoms with Gasteiger partial charge in [0.15, 0.2) is 23.0 Å². The second-order valence-electron chi connectivity index (χ2n) is 10.3. The van der Waals surface area contributed by atoms with E-state index < -0.39 is 17.5 Å². The molecular weight excluding hydrogens is 471 g/mol. The molecular formula is C26H34F3N5O2. The molecule has 0 aliphatic heterocycles. The molecule has 0 atom stereocenters. The highest BCUT2D eigenvalue weighted by Gasteiger charge is 2.47. The number of nitrogens with zero attached hydrogens (tertiary/aromatic N) is 4. The van der Waals surface area contributed by atoms with Gasteiger partial charge in [0.05, 0.1) is 12.5 Å². The molecule has 1 N–H and O–H groups in total. The number of ether oxygens (including phenoxy) is 1. The predicted molar refractivity (Wildman–Crippen MR) is 129 cm³/mol. The molecule has 0 saturated heterocycles. The number of nitrogens with one attached hydrogen (secondary N) is 1. The van der Waals surface area contributed by atoms with Gasteiger partial charge < -0.3 is 10.1 Å². The van der Waals surface area contributed by atoms with Crippen molar-refractivity contribution in [3.05, 3.63) is 35.0 Å². The number of pyridine rings is 1. The van der Waals surface area contributed by atoms with Gasteiger partial charge in [-0.2, -0.15) is 18.4 Å². The molecule has 2 aromatic heterocycles. The van der Waals surface area contributed by atoms with Crippen molar-refractivity contribution in [1.29, 1.82) is 5.26 Å². The minimum atomic E-state index is -4.38. The number of methoxy groups -OCH3 is 1. The van der Waals surface area contributed by atoms with Crippen LogP contribution in [0.15, 0.2) is 12.3 Å². The highest BCUT2D eigenvalue weighted by molar-refractivity contribution is 5.94. The monoisotopic (exact) mass is 505 g/mol. The van der Waals surface area contributed by atoms with Gasteiger partial charge in [-0.05, 0) is 42.7 Å². The average Bonchev–Trinajstić information content (AvgIpc) is 3.21. The van der Waals surface area contributed by atoms with Gasteiger partial charge in [-0.3, -0.25) is 9.36 Å². The van der Waals surface area contributed by atoms with E-state index in [2.05, 4.69) is 28.3 Å². The molecule has 0 spiro atoms. The van der Waals surface area contributed by atoms with Crippen molar-refractivity contribution in [2.75, 3.05) is 13.7 Å². The fraction of sp³-hybridized carbons (Fsp3) is 0.615. The molecule has 196 valence electrons. The van der Waals surface area contributed by atoms with E-state index in [1.165, 1.54) is 23.9 Å². The number of halogens is 3. The van der Waals surface area contributed by atoms with Crippen molar-refractivity contribution in [1.82, 2.24) is 19.9 Å². The van der Waals surface area contributed by atoms with Crippen LogP contribution in [-0.4, -0.2) is 40.3 Å². The van der Waals surface area contributed by atoms with Crippen molar-refractivity contribution in [3.63, 3.8) is 0 Å². The van der Waals surface area contributed by atoms with Crippen LogP contribution in [-0.2, 0) is 12.8 Å². The second kappa shape index (κ2) is 10.9. The fourth-order valence-electron chi connectivity index (χ4n) is 4.55. The van der Waals surface area contributed by atoms with Gasteiger partial charge in [-0.25, -0.2) is 9.97 Å². The van der Waals surface area contributed by atoms with E-state index >= 15 is 0 Å². The third kappa shape index (κ3) is 5.82. The normalized spacial score (nSPS) is 18.5. The third-order valence-corrected chi connectivity index (χ3v) is 7.01. The molecule has 3 rings (SSSR count). The van der Waals surface area contributed by atoms with Gasteiger partial charge in [0.1, 0.15) is 11.9 Å². The van der Waals surface area contributed by atoms with Gasteiger partial charge in [0.25, 0.3) is 5.91 Å². The Labute approximate surface area is 210 Å². The van der Waals surface area contributed by atoms with Crippen molar-refractivity contribution in [2.45, 2.75) is 72.4 Å². The van der Waals surface area contributed by atoms with Crippen LogP contribution in [0.5, 0.6) is 5.75 Å². The molecule has 0 aromatic carbocycles. The molecule has 36 heavy (non-hydrogen) atoms. The summed E-state index contributed by atoms with van der Waals surface area (Å²) in [7, 11) is 1.38. The number of nitriles is 1. The SMILES string of the molecule is CCc1nc(C(=O)NCC2CCC(C)CC2)c(C#N)n1-c1ncc(CC(C)(C)C(F)(F)F)cc1OC. The number of alkyl halides is 3. The molecule has 10 heteroatoms. The Morgan fingerprint density at radius 2 is 1.94 bits per heavy atom. The Kier molecular flexibility index (Phi) is 8.32. The number of hydrogen-bond acceptors (Lipinski definition) is 5. The van der Waals surface area contributed by atoms with Gasteiger partial charge >= 0.3 is 6.18 Å². The molecule has 1 amide bonds. The van der Waals surface area contributed by atoms with Crippen LogP contribution in [0.4, 0.5) is 13.2 Å². The van der Waals surface area contributed by atoms with E-state index in [1.807, 2.05) is 6.92 Å². The number of carbonyl (C=O) groups excluding carboxylic acids is 1. The van der Waals surface area contributed by atoms with Crippen molar-refractivity contribution >= 4 is 5.91 Å². The maximum absolute atomic E-state index is 13.4. The lowest BCUT2D eigenvalue weighted by Crippen LogP contribution is -2.34. The summed E-state index contributed by atoms with van der Waals surface area (Å²) in [6.45, 7) is 6.85. The van der Waals surface area contributed by atoms with Crippen molar-refractivity contribution in [2.24, 2.45) is 17.3 Å². The summed E-state index contributed by atoms with van der Waals surface area (Å²) in [6.07, 6.45) is 1.46. The first-order valence-corrected chi connectivity index (χ1v) is 12.3. The van der Waals surface area contributed by atoms with E-state index in [1.54, 1.807) is 0 Å². The zero-order valence-corrected chi connectivity index (χ0v) is 21.5. The first-order valence-electron chi connectivity index (χ1n) is 12.3. The highest BCUT2D eigenvalue weighted by Crippen LogP contribution is 2.40. The summed E-state index contributed by atoms with van der Waals surface area (Å²) in [4.78, 5) is 21.8. The average molecular weight is 506 g/mol. The number of imidazole rings is 1. The minimum Gasteiger partial charge on any atom is -0.493 e.